The summed E-state index contributed by atoms with van der Waals surface area (Å²) in [5, 5.41) is 4.16. The lowest BCUT2D eigenvalue weighted by Crippen LogP contribution is -2.33. The number of amides is 1. The van der Waals surface area contributed by atoms with Gasteiger partial charge in [-0.05, 0) is 19.3 Å². The minimum atomic E-state index is 0.180. The molecule has 1 aliphatic carbocycles. The molecule has 1 aromatic rings. The molecule has 1 aliphatic heterocycles. The summed E-state index contributed by atoms with van der Waals surface area (Å²) in [4.78, 5) is 15.7. The van der Waals surface area contributed by atoms with E-state index < -0.39 is 0 Å². The first kappa shape index (κ1) is 12.7. The van der Waals surface area contributed by atoms with E-state index in [1.807, 2.05) is 4.90 Å². The molecule has 1 aromatic heterocycles. The van der Waals surface area contributed by atoms with Gasteiger partial charge in [0.05, 0.1) is 5.69 Å². The fourth-order valence-corrected chi connectivity index (χ4v) is 2.64. The van der Waals surface area contributed by atoms with Crippen molar-refractivity contribution in [3.63, 3.8) is 0 Å². The second-order valence-electron chi connectivity index (χ2n) is 5.63. The summed E-state index contributed by atoms with van der Waals surface area (Å²) in [5.41, 5.74) is 1.03. The quantitative estimate of drug-likeness (QED) is 0.831. The van der Waals surface area contributed by atoms with Crippen molar-refractivity contribution >= 4 is 5.91 Å². The summed E-state index contributed by atoms with van der Waals surface area (Å²) in [6, 6.07) is 2.10. The van der Waals surface area contributed by atoms with Crippen molar-refractivity contribution in [3.05, 3.63) is 17.5 Å². The fourth-order valence-electron chi connectivity index (χ4n) is 2.64. The van der Waals surface area contributed by atoms with E-state index in [0.717, 1.165) is 50.6 Å². The highest BCUT2D eigenvalue weighted by Crippen LogP contribution is 2.40. The Hall–Kier alpha value is -1.36. The van der Waals surface area contributed by atoms with Gasteiger partial charge in [-0.25, -0.2) is 0 Å². The molecule has 19 heavy (non-hydrogen) atoms. The van der Waals surface area contributed by atoms with Crippen LogP contribution in [0.4, 0.5) is 0 Å². The molecule has 0 aromatic carbocycles. The second kappa shape index (κ2) is 5.33. The van der Waals surface area contributed by atoms with E-state index >= 15 is 0 Å². The molecule has 104 valence electrons. The molecule has 5 heteroatoms. The lowest BCUT2D eigenvalue weighted by atomic mass is 10.2. The SMILES string of the molecule is CC(=O)N1CCCN(Cc2cc(C3CC3)on2)CC1. The van der Waals surface area contributed by atoms with Crippen molar-refractivity contribution in [2.45, 2.75) is 38.6 Å². The molecule has 3 rings (SSSR count). The highest BCUT2D eigenvalue weighted by atomic mass is 16.5. The highest BCUT2D eigenvalue weighted by molar-refractivity contribution is 5.73. The summed E-state index contributed by atoms with van der Waals surface area (Å²) < 4.78 is 5.38. The van der Waals surface area contributed by atoms with Gasteiger partial charge in [0.15, 0.2) is 0 Å². The van der Waals surface area contributed by atoms with Crippen LogP contribution in [-0.4, -0.2) is 47.0 Å². The average Bonchev–Trinajstić information content (AvgIpc) is 3.16. The Balaban J connectivity index is 1.55. The summed E-state index contributed by atoms with van der Waals surface area (Å²) in [6.07, 6.45) is 3.52. The number of carbonyl (C=O) groups is 1. The van der Waals surface area contributed by atoms with Crippen LogP contribution < -0.4 is 0 Å². The lowest BCUT2D eigenvalue weighted by Gasteiger charge is -2.19. The largest absolute Gasteiger partial charge is 0.361 e. The molecule has 0 bridgehead atoms. The molecule has 2 aliphatic rings. The van der Waals surface area contributed by atoms with Gasteiger partial charge in [-0.1, -0.05) is 5.16 Å². The third kappa shape index (κ3) is 3.15. The molecule has 1 saturated heterocycles. The Labute approximate surface area is 113 Å². The van der Waals surface area contributed by atoms with Crippen LogP contribution in [0.15, 0.2) is 10.6 Å². The van der Waals surface area contributed by atoms with E-state index in [-0.39, 0.29) is 5.91 Å². The van der Waals surface area contributed by atoms with Crippen LogP contribution in [-0.2, 0) is 11.3 Å². The van der Waals surface area contributed by atoms with Gasteiger partial charge in [0.1, 0.15) is 5.76 Å². The first-order chi connectivity index (χ1) is 9.22. The Morgan fingerprint density at radius 1 is 1.37 bits per heavy atom. The summed E-state index contributed by atoms with van der Waals surface area (Å²) in [6.45, 7) is 6.12. The molecule has 0 spiro atoms. The van der Waals surface area contributed by atoms with Crippen LogP contribution in [0.2, 0.25) is 0 Å². The molecular formula is C14H21N3O2. The maximum atomic E-state index is 11.4. The maximum Gasteiger partial charge on any atom is 0.219 e. The summed E-state index contributed by atoms with van der Waals surface area (Å²) in [7, 11) is 0. The molecule has 0 radical (unpaired) electrons. The van der Waals surface area contributed by atoms with Crippen molar-refractivity contribution in [2.24, 2.45) is 0 Å². The van der Waals surface area contributed by atoms with Gasteiger partial charge in [0.2, 0.25) is 5.91 Å². The molecule has 0 atom stereocenters. The van der Waals surface area contributed by atoms with Crippen LogP contribution in [0.3, 0.4) is 0 Å². The number of carbonyl (C=O) groups excluding carboxylic acids is 1. The molecule has 1 amide bonds. The average molecular weight is 263 g/mol. The zero-order chi connectivity index (χ0) is 13.2. The van der Waals surface area contributed by atoms with Crippen LogP contribution in [0.25, 0.3) is 0 Å². The van der Waals surface area contributed by atoms with E-state index in [9.17, 15) is 4.79 Å². The van der Waals surface area contributed by atoms with Gasteiger partial charge in [0, 0.05) is 51.6 Å². The van der Waals surface area contributed by atoms with Crippen LogP contribution in [0, 0.1) is 0 Å². The first-order valence-corrected chi connectivity index (χ1v) is 7.16. The maximum absolute atomic E-state index is 11.4. The third-order valence-corrected chi connectivity index (χ3v) is 3.98. The predicted octanol–water partition coefficient (Wildman–Crippen LogP) is 1.61. The Morgan fingerprint density at radius 2 is 2.21 bits per heavy atom. The number of rotatable bonds is 3. The van der Waals surface area contributed by atoms with Gasteiger partial charge in [0.25, 0.3) is 0 Å². The Morgan fingerprint density at radius 3 is 2.95 bits per heavy atom. The monoisotopic (exact) mass is 263 g/mol. The fraction of sp³-hybridized carbons (Fsp3) is 0.714. The molecule has 0 unspecified atom stereocenters. The van der Waals surface area contributed by atoms with E-state index in [4.69, 9.17) is 4.52 Å². The molecule has 1 saturated carbocycles. The van der Waals surface area contributed by atoms with Gasteiger partial charge < -0.3 is 9.42 Å². The van der Waals surface area contributed by atoms with E-state index in [2.05, 4.69) is 16.1 Å². The Bertz CT molecular complexity index is 453. The molecule has 2 heterocycles. The minimum Gasteiger partial charge on any atom is -0.361 e. The first-order valence-electron chi connectivity index (χ1n) is 7.16. The number of hydrogen-bond donors (Lipinski definition) is 0. The third-order valence-electron chi connectivity index (χ3n) is 3.98. The van der Waals surface area contributed by atoms with Gasteiger partial charge in [-0.3, -0.25) is 9.69 Å². The van der Waals surface area contributed by atoms with Gasteiger partial charge in [-0.15, -0.1) is 0 Å². The van der Waals surface area contributed by atoms with E-state index in [0.29, 0.717) is 5.92 Å². The van der Waals surface area contributed by atoms with Crippen molar-refractivity contribution in [1.29, 1.82) is 0 Å². The standard InChI is InChI=1S/C14H21N3O2/c1-11(18)17-6-2-5-16(7-8-17)10-13-9-14(19-15-13)12-3-4-12/h9,12H,2-8,10H2,1H3. The predicted molar refractivity (Wildman–Crippen MR) is 70.6 cm³/mol. The van der Waals surface area contributed by atoms with Crippen molar-refractivity contribution in [3.8, 4) is 0 Å². The lowest BCUT2D eigenvalue weighted by molar-refractivity contribution is -0.128. The molecule has 0 N–H and O–H groups in total. The van der Waals surface area contributed by atoms with Crippen LogP contribution in [0.1, 0.15) is 43.6 Å². The number of nitrogens with zero attached hydrogens (tertiary/aromatic N) is 3. The molecule has 2 fully saturated rings. The topological polar surface area (TPSA) is 49.6 Å². The number of hydrogen-bond acceptors (Lipinski definition) is 4. The summed E-state index contributed by atoms with van der Waals surface area (Å²) >= 11 is 0. The number of aromatic nitrogens is 1. The van der Waals surface area contributed by atoms with E-state index in [1.165, 1.54) is 12.8 Å². The van der Waals surface area contributed by atoms with Crippen LogP contribution >= 0.6 is 0 Å². The van der Waals surface area contributed by atoms with Crippen molar-refractivity contribution in [1.82, 2.24) is 15.0 Å². The minimum absolute atomic E-state index is 0.180. The smallest absolute Gasteiger partial charge is 0.219 e. The van der Waals surface area contributed by atoms with Crippen molar-refractivity contribution in [2.75, 3.05) is 26.2 Å². The van der Waals surface area contributed by atoms with E-state index in [1.54, 1.807) is 6.92 Å². The zero-order valence-electron chi connectivity index (χ0n) is 11.5. The Kier molecular flexibility index (Phi) is 3.55. The molecule has 5 nitrogen and oxygen atoms in total. The highest BCUT2D eigenvalue weighted by Gasteiger charge is 2.28. The summed E-state index contributed by atoms with van der Waals surface area (Å²) in [5.74, 6) is 1.85. The van der Waals surface area contributed by atoms with Crippen molar-refractivity contribution < 1.29 is 9.32 Å². The van der Waals surface area contributed by atoms with Gasteiger partial charge >= 0.3 is 0 Å². The normalized spacial score (nSPS) is 21.4. The van der Waals surface area contributed by atoms with Gasteiger partial charge in [-0.2, -0.15) is 0 Å². The zero-order valence-corrected chi connectivity index (χ0v) is 11.5. The van der Waals surface area contributed by atoms with Crippen LogP contribution in [0.5, 0.6) is 0 Å². The molecular weight excluding hydrogens is 242 g/mol. The second-order valence-corrected chi connectivity index (χ2v) is 5.63.